The predicted molar refractivity (Wildman–Crippen MR) is 109 cm³/mol. The highest BCUT2D eigenvalue weighted by Crippen LogP contribution is 2.40. The third-order valence-electron chi connectivity index (χ3n) is 5.58. The number of benzene rings is 1. The van der Waals surface area contributed by atoms with E-state index < -0.39 is 11.7 Å². The Morgan fingerprint density at radius 2 is 2.10 bits per heavy atom. The number of alkyl halides is 3. The summed E-state index contributed by atoms with van der Waals surface area (Å²) in [7, 11) is 0. The van der Waals surface area contributed by atoms with Crippen LogP contribution in [0.3, 0.4) is 0 Å². The molecule has 1 aliphatic carbocycles. The van der Waals surface area contributed by atoms with Crippen LogP contribution in [0.15, 0.2) is 47.3 Å². The first-order valence-electron chi connectivity index (χ1n) is 10.1. The van der Waals surface area contributed by atoms with E-state index in [4.69, 9.17) is 4.42 Å². The normalized spacial score (nSPS) is 18.5. The molecule has 3 heterocycles. The highest BCUT2D eigenvalue weighted by atomic mass is 19.4. The molecule has 6 nitrogen and oxygen atoms in total. The van der Waals surface area contributed by atoms with Crippen molar-refractivity contribution in [3.05, 3.63) is 65.3 Å². The summed E-state index contributed by atoms with van der Waals surface area (Å²) in [4.78, 5) is 12.4. The first kappa shape index (κ1) is 19.7. The topological polar surface area (TPSA) is 75.9 Å². The van der Waals surface area contributed by atoms with Crippen molar-refractivity contribution in [3.63, 3.8) is 0 Å². The molecule has 9 heteroatoms. The lowest BCUT2D eigenvalue weighted by Crippen LogP contribution is -2.38. The van der Waals surface area contributed by atoms with E-state index in [0.29, 0.717) is 17.9 Å². The Kier molecular flexibility index (Phi) is 4.97. The van der Waals surface area contributed by atoms with Crippen LogP contribution in [0.2, 0.25) is 0 Å². The summed E-state index contributed by atoms with van der Waals surface area (Å²) in [5.41, 5.74) is 1.94. The second-order valence-corrected chi connectivity index (χ2v) is 7.67. The van der Waals surface area contributed by atoms with Crippen LogP contribution in [-0.4, -0.2) is 34.1 Å². The van der Waals surface area contributed by atoms with Crippen LogP contribution in [0, 0.1) is 0 Å². The van der Waals surface area contributed by atoms with Crippen LogP contribution in [0.1, 0.15) is 35.2 Å². The van der Waals surface area contributed by atoms with E-state index in [1.165, 1.54) is 6.26 Å². The molecule has 160 valence electrons. The van der Waals surface area contributed by atoms with Crippen molar-refractivity contribution in [2.24, 2.45) is 0 Å². The van der Waals surface area contributed by atoms with Gasteiger partial charge in [-0.05, 0) is 49.1 Å². The van der Waals surface area contributed by atoms with Crippen LogP contribution in [0.5, 0.6) is 0 Å². The summed E-state index contributed by atoms with van der Waals surface area (Å²) in [5.74, 6) is 0.685. The number of oxazole rings is 1. The van der Waals surface area contributed by atoms with Crippen LogP contribution in [0.25, 0.3) is 17.0 Å². The first-order valence-corrected chi connectivity index (χ1v) is 10.1. The smallest absolute Gasteiger partial charge is 0.419 e. The van der Waals surface area contributed by atoms with Crippen molar-refractivity contribution < 1.29 is 17.6 Å². The number of fused-ring (bicyclic) bond motifs is 1. The minimum Gasteiger partial charge on any atom is -0.445 e. The fourth-order valence-corrected chi connectivity index (χ4v) is 4.09. The third-order valence-corrected chi connectivity index (χ3v) is 5.58. The molecule has 31 heavy (non-hydrogen) atoms. The third kappa shape index (κ3) is 3.93. The summed E-state index contributed by atoms with van der Waals surface area (Å²) in [6.45, 7) is 1.67. The van der Waals surface area contributed by atoms with Gasteiger partial charge >= 0.3 is 6.18 Å². The van der Waals surface area contributed by atoms with Crippen LogP contribution >= 0.6 is 0 Å². The van der Waals surface area contributed by atoms with Crippen LogP contribution in [-0.2, 0) is 12.6 Å². The van der Waals surface area contributed by atoms with Crippen LogP contribution in [0.4, 0.5) is 19.1 Å². The van der Waals surface area contributed by atoms with Gasteiger partial charge in [0.05, 0.1) is 11.9 Å². The van der Waals surface area contributed by atoms with Gasteiger partial charge in [0.2, 0.25) is 11.8 Å². The Morgan fingerprint density at radius 3 is 2.84 bits per heavy atom. The van der Waals surface area contributed by atoms with Crippen molar-refractivity contribution in [2.75, 3.05) is 18.4 Å². The minimum absolute atomic E-state index is 0.0894. The molecule has 1 aliphatic heterocycles. The standard InChI is InChI=1S/C22H20F3N5O/c23-22(24,25)18-12-28-21(29-15-2-1-7-26-11-15)30-19(18)17-6-3-13-10-14(4-5-16(13)17)20-27-8-9-31-20/h4-6,8-10,12,15,26H,1-3,7,11H2,(H,28,29,30)/t15-/m0/s1. The van der Waals surface area contributed by atoms with Gasteiger partial charge in [0.25, 0.3) is 0 Å². The van der Waals surface area contributed by atoms with Gasteiger partial charge in [-0.15, -0.1) is 0 Å². The average molecular weight is 427 g/mol. The van der Waals surface area contributed by atoms with Crippen molar-refractivity contribution in [1.29, 1.82) is 0 Å². The van der Waals surface area contributed by atoms with Crippen molar-refractivity contribution in [2.45, 2.75) is 31.5 Å². The fourth-order valence-electron chi connectivity index (χ4n) is 4.09. The number of piperidine rings is 1. The largest absolute Gasteiger partial charge is 0.445 e. The first-order chi connectivity index (χ1) is 15.0. The summed E-state index contributed by atoms with van der Waals surface area (Å²) in [6.07, 6.45) is 3.57. The zero-order chi connectivity index (χ0) is 21.4. The summed E-state index contributed by atoms with van der Waals surface area (Å²) in [6, 6.07) is 5.58. The van der Waals surface area contributed by atoms with E-state index in [-0.39, 0.29) is 17.7 Å². The SMILES string of the molecule is FC(F)(F)c1cnc(N[C@H]2CCCNC2)nc1C1=CCc2cc(-c3ncco3)ccc21. The molecule has 1 aromatic carbocycles. The molecule has 5 rings (SSSR count). The number of aromatic nitrogens is 3. The minimum atomic E-state index is -4.55. The van der Waals surface area contributed by atoms with E-state index in [1.54, 1.807) is 24.4 Å². The molecule has 2 N–H and O–H groups in total. The Labute approximate surface area is 176 Å². The predicted octanol–water partition coefficient (Wildman–Crippen LogP) is 4.30. The molecule has 0 saturated carbocycles. The molecule has 2 aliphatic rings. The maximum absolute atomic E-state index is 13.8. The second kappa shape index (κ2) is 7.81. The lowest BCUT2D eigenvalue weighted by molar-refractivity contribution is -0.138. The number of rotatable bonds is 4. The van der Waals surface area contributed by atoms with E-state index in [1.807, 2.05) is 6.07 Å². The highest BCUT2D eigenvalue weighted by molar-refractivity contribution is 5.85. The Balaban J connectivity index is 1.51. The molecule has 3 aromatic rings. The van der Waals surface area contributed by atoms with Gasteiger partial charge in [0.1, 0.15) is 11.8 Å². The number of halogens is 3. The Morgan fingerprint density at radius 1 is 1.19 bits per heavy atom. The van der Waals surface area contributed by atoms with Crippen molar-refractivity contribution in [3.8, 4) is 11.5 Å². The lowest BCUT2D eigenvalue weighted by atomic mass is 9.98. The summed E-state index contributed by atoms with van der Waals surface area (Å²) < 4.78 is 46.6. The maximum Gasteiger partial charge on any atom is 0.419 e. The van der Waals surface area contributed by atoms with E-state index in [9.17, 15) is 13.2 Å². The molecule has 0 spiro atoms. The highest BCUT2D eigenvalue weighted by Gasteiger charge is 2.37. The number of hydrogen-bond acceptors (Lipinski definition) is 6. The average Bonchev–Trinajstić information content (AvgIpc) is 3.43. The lowest BCUT2D eigenvalue weighted by Gasteiger charge is -2.24. The molecule has 0 bridgehead atoms. The Bertz CT molecular complexity index is 1120. The summed E-state index contributed by atoms with van der Waals surface area (Å²) >= 11 is 0. The van der Waals surface area contributed by atoms with E-state index >= 15 is 0 Å². The molecule has 2 aromatic heterocycles. The monoisotopic (exact) mass is 427 g/mol. The van der Waals surface area contributed by atoms with Crippen LogP contribution < -0.4 is 10.6 Å². The molecule has 0 radical (unpaired) electrons. The van der Waals surface area contributed by atoms with Gasteiger partial charge in [0, 0.05) is 29.9 Å². The molecule has 1 saturated heterocycles. The number of allylic oxidation sites excluding steroid dienone is 1. The van der Waals surface area contributed by atoms with Gasteiger partial charge in [-0.1, -0.05) is 12.1 Å². The number of anilines is 1. The van der Waals surface area contributed by atoms with Gasteiger partial charge < -0.3 is 15.1 Å². The van der Waals surface area contributed by atoms with Gasteiger partial charge in [-0.2, -0.15) is 13.2 Å². The number of nitrogens with zero attached hydrogens (tertiary/aromatic N) is 3. The molecule has 0 amide bonds. The van der Waals surface area contributed by atoms with E-state index in [2.05, 4.69) is 25.6 Å². The number of hydrogen-bond donors (Lipinski definition) is 2. The zero-order valence-corrected chi connectivity index (χ0v) is 16.5. The number of nitrogens with one attached hydrogen (secondary N) is 2. The molecule has 1 fully saturated rings. The molecule has 1 atom stereocenters. The molecular weight excluding hydrogens is 407 g/mol. The maximum atomic E-state index is 13.8. The quantitative estimate of drug-likeness (QED) is 0.647. The zero-order valence-electron chi connectivity index (χ0n) is 16.5. The van der Waals surface area contributed by atoms with Gasteiger partial charge in [-0.3, -0.25) is 0 Å². The van der Waals surface area contributed by atoms with Gasteiger partial charge in [-0.25, -0.2) is 15.0 Å². The molecular formula is C22H20F3N5O. The van der Waals surface area contributed by atoms with Gasteiger partial charge in [0.15, 0.2) is 0 Å². The van der Waals surface area contributed by atoms with Crippen molar-refractivity contribution in [1.82, 2.24) is 20.3 Å². The molecule has 0 unspecified atom stereocenters. The summed E-state index contributed by atoms with van der Waals surface area (Å²) in [5, 5.41) is 6.44. The van der Waals surface area contributed by atoms with Crippen molar-refractivity contribution >= 4 is 11.5 Å². The Hall–Kier alpha value is -3.20. The van der Waals surface area contributed by atoms with E-state index in [0.717, 1.165) is 48.8 Å². The fraction of sp³-hybridized carbons (Fsp3) is 0.318. The second-order valence-electron chi connectivity index (χ2n) is 7.67.